The molecule has 0 bridgehead atoms. The summed E-state index contributed by atoms with van der Waals surface area (Å²) in [5, 5.41) is 15.3. The number of carboxylic acid groups (broad SMARTS) is 1. The molecule has 0 atom stereocenters. The van der Waals surface area contributed by atoms with E-state index in [1.54, 1.807) is 7.05 Å². The van der Waals surface area contributed by atoms with Crippen molar-refractivity contribution in [3.8, 4) is 11.4 Å². The van der Waals surface area contributed by atoms with E-state index in [-0.39, 0.29) is 20.1 Å². The van der Waals surface area contributed by atoms with Gasteiger partial charge in [-0.1, -0.05) is 30.3 Å². The monoisotopic (exact) mass is 314 g/mol. The zero-order valence-corrected chi connectivity index (χ0v) is 12.4. The van der Waals surface area contributed by atoms with Crippen molar-refractivity contribution in [2.45, 2.75) is 0 Å². The second kappa shape index (κ2) is 7.78. The fourth-order valence-corrected chi connectivity index (χ4v) is 1.77. The van der Waals surface area contributed by atoms with Crippen LogP contribution >= 0.6 is 25.7 Å². The number of nitrogens with one attached hydrogen (secondary N) is 1. The fraction of sp³-hybridized carbons (Fsp3) is 0.182. The maximum absolute atomic E-state index is 10.3. The van der Waals surface area contributed by atoms with E-state index in [2.05, 4.69) is 15.2 Å². The summed E-state index contributed by atoms with van der Waals surface area (Å²) in [6, 6.07) is 9.57. The van der Waals surface area contributed by atoms with Crippen molar-refractivity contribution < 1.29 is 14.1 Å². The number of aromatic amines is 1. The van der Waals surface area contributed by atoms with E-state index in [4.69, 9.17) is 9.29 Å². The van der Waals surface area contributed by atoms with Gasteiger partial charge in [0, 0.05) is 12.6 Å². The van der Waals surface area contributed by atoms with Crippen LogP contribution in [0, 0.1) is 0 Å². The molecule has 0 fully saturated rings. The minimum absolute atomic E-state index is 0. The van der Waals surface area contributed by atoms with Crippen LogP contribution in [0.4, 0.5) is 5.95 Å². The molecule has 7 nitrogen and oxygen atoms in total. The van der Waals surface area contributed by atoms with E-state index in [0.717, 1.165) is 17.8 Å². The Morgan fingerprint density at radius 1 is 1.45 bits per heavy atom. The molecule has 20 heavy (non-hydrogen) atoms. The van der Waals surface area contributed by atoms with Crippen LogP contribution in [0.2, 0.25) is 0 Å². The second-order valence-electron chi connectivity index (χ2n) is 3.58. The summed E-state index contributed by atoms with van der Waals surface area (Å²) in [6.45, 7) is -0.384. The molecule has 0 saturated carbocycles. The van der Waals surface area contributed by atoms with Gasteiger partial charge < -0.3 is 5.11 Å². The Hall–Kier alpha value is -1.71. The molecule has 108 valence electrons. The molecule has 0 aliphatic rings. The van der Waals surface area contributed by atoms with E-state index in [9.17, 15) is 4.79 Å². The number of H-pyrrole nitrogens is 1. The highest BCUT2D eigenvalue weighted by Crippen LogP contribution is 2.20. The molecule has 0 saturated heterocycles. The molecule has 0 amide bonds. The van der Waals surface area contributed by atoms with Gasteiger partial charge in [0.05, 0.1) is 0 Å². The molecule has 0 aliphatic carbocycles. The molecule has 1 aromatic heterocycles. The van der Waals surface area contributed by atoms with E-state index in [1.807, 2.05) is 30.3 Å². The Kier molecular flexibility index (Phi) is 6.36. The van der Waals surface area contributed by atoms with Crippen molar-refractivity contribution in [3.05, 3.63) is 30.3 Å². The Labute approximate surface area is 127 Å². The van der Waals surface area contributed by atoms with Crippen LogP contribution < -0.4 is 4.31 Å². The minimum Gasteiger partial charge on any atom is -0.479 e. The van der Waals surface area contributed by atoms with Crippen LogP contribution in [0.5, 0.6) is 0 Å². The zero-order chi connectivity index (χ0) is 13.7. The molecule has 2 aromatic rings. The number of aliphatic carboxylic acids is 1. The number of anilines is 1. The number of aromatic nitrogens is 3. The van der Waals surface area contributed by atoms with Gasteiger partial charge in [0.1, 0.15) is 12.2 Å². The van der Waals surface area contributed by atoms with Crippen LogP contribution in [0.15, 0.2) is 30.3 Å². The van der Waals surface area contributed by atoms with Gasteiger partial charge in [-0.15, -0.1) is 5.10 Å². The first-order chi connectivity index (χ1) is 9.16. The summed E-state index contributed by atoms with van der Waals surface area (Å²) in [5.74, 6) is 0.0244. The number of rotatable bonds is 6. The number of carbonyl (C=O) groups is 1. The van der Waals surface area contributed by atoms with Crippen LogP contribution in [0.25, 0.3) is 11.4 Å². The predicted molar refractivity (Wildman–Crippen MR) is 81.8 cm³/mol. The molecule has 2 N–H and O–H groups in total. The van der Waals surface area contributed by atoms with Gasteiger partial charge in [-0.2, -0.15) is 18.5 Å². The third-order valence-corrected chi connectivity index (χ3v) is 2.76. The number of hydrogen-bond acceptors (Lipinski definition) is 6. The van der Waals surface area contributed by atoms with Gasteiger partial charge in [-0.05, 0) is 0 Å². The topological polar surface area (TPSA) is 91.3 Å². The average molecular weight is 314 g/mol. The van der Waals surface area contributed by atoms with E-state index < -0.39 is 5.97 Å². The maximum atomic E-state index is 10.3. The van der Waals surface area contributed by atoms with E-state index >= 15 is 0 Å². The summed E-state index contributed by atoms with van der Waals surface area (Å²) in [4.78, 5) is 14.6. The Bertz CT molecular complexity index is 550. The predicted octanol–water partition coefficient (Wildman–Crippen LogP) is 1.69. The smallest absolute Gasteiger partial charge is 0.331 e. The van der Waals surface area contributed by atoms with Crippen molar-refractivity contribution >= 4 is 37.6 Å². The van der Waals surface area contributed by atoms with Crippen molar-refractivity contribution in [2.75, 3.05) is 18.0 Å². The van der Waals surface area contributed by atoms with Crippen molar-refractivity contribution in [1.29, 1.82) is 0 Å². The minimum atomic E-state index is -1.03. The van der Waals surface area contributed by atoms with Gasteiger partial charge in [0.25, 0.3) is 5.95 Å². The van der Waals surface area contributed by atoms with Gasteiger partial charge in [-0.25, -0.2) is 4.79 Å². The molecule has 0 radical (unpaired) electrons. The van der Waals surface area contributed by atoms with Crippen LogP contribution in [0.3, 0.4) is 0 Å². The highest BCUT2D eigenvalue weighted by Gasteiger charge is 2.11. The lowest BCUT2D eigenvalue weighted by molar-refractivity contribution is -0.138. The Morgan fingerprint density at radius 2 is 2.15 bits per heavy atom. The Morgan fingerprint density at radius 3 is 2.80 bits per heavy atom. The quantitative estimate of drug-likeness (QED) is 0.619. The molecule has 1 heterocycles. The molecule has 2 rings (SSSR count). The molecule has 9 heteroatoms. The second-order valence-corrected chi connectivity index (χ2v) is 4.51. The number of benzene rings is 1. The third-order valence-electron chi connectivity index (χ3n) is 2.15. The van der Waals surface area contributed by atoms with Gasteiger partial charge in [0.15, 0.2) is 12.4 Å². The lowest BCUT2D eigenvalue weighted by Crippen LogP contribution is -2.12. The SMILES string of the molecule is CN(SOCC(=O)O)c1n[nH]c(-c2ccccc2)n1.S. The lowest BCUT2D eigenvalue weighted by atomic mass is 10.2. The third kappa shape index (κ3) is 4.44. The summed E-state index contributed by atoms with van der Waals surface area (Å²) < 4.78 is 6.41. The summed E-state index contributed by atoms with van der Waals surface area (Å²) in [7, 11) is 1.68. The average Bonchev–Trinajstić information content (AvgIpc) is 2.89. The van der Waals surface area contributed by atoms with Crippen LogP contribution in [-0.4, -0.2) is 39.9 Å². The number of carboxylic acids is 1. The molecule has 0 aliphatic heterocycles. The molecule has 1 aromatic carbocycles. The van der Waals surface area contributed by atoms with E-state index in [0.29, 0.717) is 11.8 Å². The molecule has 0 unspecified atom stereocenters. The fourth-order valence-electron chi connectivity index (χ4n) is 1.31. The lowest BCUT2D eigenvalue weighted by Gasteiger charge is -2.10. The Balaban J connectivity index is 0.00000200. The molecular formula is C11H14N4O3S2. The zero-order valence-electron chi connectivity index (χ0n) is 10.6. The first-order valence-electron chi connectivity index (χ1n) is 5.40. The molecular weight excluding hydrogens is 300 g/mol. The summed E-state index contributed by atoms with van der Waals surface area (Å²) in [5.41, 5.74) is 0.922. The van der Waals surface area contributed by atoms with Gasteiger partial charge >= 0.3 is 5.97 Å². The highest BCUT2D eigenvalue weighted by atomic mass is 32.2. The number of hydrogen-bond donors (Lipinski definition) is 2. The molecule has 0 spiro atoms. The summed E-state index contributed by atoms with van der Waals surface area (Å²) in [6.07, 6.45) is 0. The largest absolute Gasteiger partial charge is 0.479 e. The first kappa shape index (κ1) is 16.3. The van der Waals surface area contributed by atoms with Crippen molar-refractivity contribution in [1.82, 2.24) is 15.2 Å². The van der Waals surface area contributed by atoms with Crippen molar-refractivity contribution in [3.63, 3.8) is 0 Å². The number of nitrogens with zero attached hydrogens (tertiary/aromatic N) is 3. The standard InChI is InChI=1S/C11H12N4O3S.H2S/c1-15(19-18-7-9(16)17)11-12-10(13-14-11)8-5-3-2-4-6-8;/h2-6H,7H2,1H3,(H,16,17)(H,12,13,14);1H2. The first-order valence-corrected chi connectivity index (χ1v) is 6.09. The van der Waals surface area contributed by atoms with Crippen LogP contribution in [-0.2, 0) is 8.98 Å². The van der Waals surface area contributed by atoms with Crippen molar-refractivity contribution in [2.24, 2.45) is 0 Å². The maximum Gasteiger partial charge on any atom is 0.331 e. The van der Waals surface area contributed by atoms with E-state index in [1.165, 1.54) is 4.31 Å². The van der Waals surface area contributed by atoms with Crippen LogP contribution in [0.1, 0.15) is 0 Å². The normalized spacial score (nSPS) is 9.85. The highest BCUT2D eigenvalue weighted by molar-refractivity contribution is 7.96. The summed E-state index contributed by atoms with van der Waals surface area (Å²) >= 11 is 0.874. The van der Waals surface area contributed by atoms with Gasteiger partial charge in [0.2, 0.25) is 0 Å². The van der Waals surface area contributed by atoms with Gasteiger partial charge in [-0.3, -0.25) is 13.6 Å².